The van der Waals surface area contributed by atoms with E-state index in [2.05, 4.69) is 5.32 Å². The van der Waals surface area contributed by atoms with Gasteiger partial charge in [-0.2, -0.15) is 10.5 Å². The molecule has 0 spiro atoms. The normalized spacial score (nSPS) is 15.5. The monoisotopic (exact) mass is 229 g/mol. The Hall–Kier alpha value is -2.40. The summed E-state index contributed by atoms with van der Waals surface area (Å²) in [6.45, 7) is 0. The van der Waals surface area contributed by atoms with Crippen LogP contribution in [-0.2, 0) is 4.79 Å². The molecule has 1 saturated carbocycles. The minimum Gasteiger partial charge on any atom is -0.325 e. The highest BCUT2D eigenvalue weighted by atomic mass is 19.1. The van der Waals surface area contributed by atoms with Crippen molar-refractivity contribution in [2.24, 2.45) is 5.41 Å². The molecule has 84 valence electrons. The van der Waals surface area contributed by atoms with Crippen molar-refractivity contribution in [2.75, 3.05) is 5.32 Å². The molecule has 0 heterocycles. The van der Waals surface area contributed by atoms with Gasteiger partial charge in [0.05, 0.1) is 11.6 Å². The zero-order valence-corrected chi connectivity index (χ0v) is 8.83. The fourth-order valence-electron chi connectivity index (χ4n) is 1.45. The van der Waals surface area contributed by atoms with Gasteiger partial charge in [-0.25, -0.2) is 4.39 Å². The Labute approximate surface area is 97.3 Å². The van der Waals surface area contributed by atoms with Gasteiger partial charge in [-0.15, -0.1) is 0 Å². The van der Waals surface area contributed by atoms with Gasteiger partial charge in [0, 0.05) is 5.69 Å². The van der Waals surface area contributed by atoms with E-state index in [1.54, 1.807) is 6.07 Å². The molecule has 2 rings (SSSR count). The van der Waals surface area contributed by atoms with Crippen molar-refractivity contribution in [3.63, 3.8) is 0 Å². The summed E-state index contributed by atoms with van der Waals surface area (Å²) in [6.07, 6.45) is 1.09. The fourth-order valence-corrected chi connectivity index (χ4v) is 1.45. The van der Waals surface area contributed by atoms with E-state index in [9.17, 15) is 9.18 Å². The van der Waals surface area contributed by atoms with Gasteiger partial charge in [-0.3, -0.25) is 4.79 Å². The molecule has 0 aromatic heterocycles. The van der Waals surface area contributed by atoms with E-state index in [4.69, 9.17) is 10.5 Å². The lowest BCUT2D eigenvalue weighted by molar-refractivity contribution is -0.119. The van der Waals surface area contributed by atoms with E-state index < -0.39 is 17.1 Å². The quantitative estimate of drug-likeness (QED) is 0.841. The molecule has 0 unspecified atom stereocenters. The van der Waals surface area contributed by atoms with Crippen LogP contribution in [0.25, 0.3) is 0 Å². The van der Waals surface area contributed by atoms with Crippen molar-refractivity contribution in [2.45, 2.75) is 12.8 Å². The Kier molecular flexibility index (Phi) is 2.53. The highest BCUT2D eigenvalue weighted by Crippen LogP contribution is 2.45. The predicted molar refractivity (Wildman–Crippen MR) is 57.0 cm³/mol. The maximum absolute atomic E-state index is 13.0. The van der Waals surface area contributed by atoms with E-state index >= 15 is 0 Å². The van der Waals surface area contributed by atoms with E-state index in [1.807, 2.05) is 6.07 Å². The third-order valence-electron chi connectivity index (χ3n) is 2.74. The van der Waals surface area contributed by atoms with Gasteiger partial charge >= 0.3 is 0 Å². The molecule has 1 N–H and O–H groups in total. The Balaban J connectivity index is 2.18. The van der Waals surface area contributed by atoms with Gasteiger partial charge in [-0.1, -0.05) is 0 Å². The van der Waals surface area contributed by atoms with Crippen LogP contribution in [0.2, 0.25) is 0 Å². The molecular formula is C12H8FN3O. The topological polar surface area (TPSA) is 76.7 Å². The highest BCUT2D eigenvalue weighted by molar-refractivity contribution is 5.99. The summed E-state index contributed by atoms with van der Waals surface area (Å²) in [5.74, 6) is -1.03. The van der Waals surface area contributed by atoms with Crippen molar-refractivity contribution in [3.8, 4) is 12.1 Å². The predicted octanol–water partition coefficient (Wildman–Crippen LogP) is 1.94. The lowest BCUT2D eigenvalue weighted by atomic mass is 10.1. The van der Waals surface area contributed by atoms with Crippen LogP contribution in [0.1, 0.15) is 18.4 Å². The van der Waals surface area contributed by atoms with Crippen LogP contribution < -0.4 is 5.32 Å². The van der Waals surface area contributed by atoms with Crippen molar-refractivity contribution >= 4 is 11.6 Å². The maximum atomic E-state index is 13.0. The molecule has 0 bridgehead atoms. The third-order valence-corrected chi connectivity index (χ3v) is 2.74. The number of benzene rings is 1. The Morgan fingerprint density at radius 2 is 2.12 bits per heavy atom. The van der Waals surface area contributed by atoms with Crippen LogP contribution in [-0.4, -0.2) is 5.91 Å². The van der Waals surface area contributed by atoms with Crippen molar-refractivity contribution < 1.29 is 9.18 Å². The first-order valence-corrected chi connectivity index (χ1v) is 5.04. The van der Waals surface area contributed by atoms with E-state index in [1.165, 1.54) is 12.1 Å². The molecule has 1 aliphatic rings. The fraction of sp³-hybridized carbons (Fsp3) is 0.250. The first-order valence-electron chi connectivity index (χ1n) is 5.04. The van der Waals surface area contributed by atoms with Crippen LogP contribution in [0.3, 0.4) is 0 Å². The standard InChI is InChI=1S/C12H8FN3O/c13-10-2-1-9(5-8(10)6-14)16-11(17)12(7-15)3-4-12/h1-2,5H,3-4H2,(H,16,17). The summed E-state index contributed by atoms with van der Waals surface area (Å²) in [5.41, 5.74) is -0.736. The first-order chi connectivity index (χ1) is 8.11. The second kappa shape index (κ2) is 3.88. The number of nitrogens with zero attached hydrogens (tertiary/aromatic N) is 2. The van der Waals surface area contributed by atoms with E-state index in [0.29, 0.717) is 18.5 Å². The van der Waals surface area contributed by atoms with Crippen molar-refractivity contribution in [3.05, 3.63) is 29.6 Å². The van der Waals surface area contributed by atoms with Gasteiger partial charge in [0.1, 0.15) is 17.3 Å². The molecule has 1 amide bonds. The molecule has 1 aromatic rings. The summed E-state index contributed by atoms with van der Waals surface area (Å²) < 4.78 is 13.0. The number of hydrogen-bond donors (Lipinski definition) is 1. The molecule has 1 aromatic carbocycles. The largest absolute Gasteiger partial charge is 0.325 e. The van der Waals surface area contributed by atoms with Crippen LogP contribution in [0.15, 0.2) is 18.2 Å². The number of carbonyl (C=O) groups is 1. The number of rotatable bonds is 2. The Morgan fingerprint density at radius 1 is 1.41 bits per heavy atom. The lowest BCUT2D eigenvalue weighted by Crippen LogP contribution is -2.22. The van der Waals surface area contributed by atoms with Crippen LogP contribution in [0, 0.1) is 33.9 Å². The van der Waals surface area contributed by atoms with Gasteiger partial charge in [0.25, 0.3) is 0 Å². The summed E-state index contributed by atoms with van der Waals surface area (Å²) in [5, 5.41) is 20.0. The molecule has 1 aliphatic carbocycles. The molecular weight excluding hydrogens is 221 g/mol. The number of amides is 1. The summed E-state index contributed by atoms with van der Waals surface area (Å²) >= 11 is 0. The van der Waals surface area contributed by atoms with Crippen molar-refractivity contribution in [1.29, 1.82) is 10.5 Å². The van der Waals surface area contributed by atoms with Gasteiger partial charge in [0.2, 0.25) is 5.91 Å². The average molecular weight is 229 g/mol. The minimum atomic E-state index is -0.929. The summed E-state index contributed by atoms with van der Waals surface area (Å²) in [4.78, 5) is 11.7. The lowest BCUT2D eigenvalue weighted by Gasteiger charge is -2.08. The Morgan fingerprint density at radius 3 is 2.65 bits per heavy atom. The number of anilines is 1. The van der Waals surface area contributed by atoms with Gasteiger partial charge in [-0.05, 0) is 31.0 Å². The van der Waals surface area contributed by atoms with Crippen LogP contribution in [0.4, 0.5) is 10.1 Å². The number of carbonyl (C=O) groups excluding carboxylic acids is 1. The SMILES string of the molecule is N#Cc1cc(NC(=O)C2(C#N)CC2)ccc1F. The zero-order chi connectivity index (χ0) is 12.5. The average Bonchev–Trinajstić information content (AvgIpc) is 3.12. The molecule has 5 heteroatoms. The number of hydrogen-bond acceptors (Lipinski definition) is 3. The molecule has 0 atom stereocenters. The minimum absolute atomic E-state index is 0.135. The molecule has 4 nitrogen and oxygen atoms in total. The second-order valence-corrected chi connectivity index (χ2v) is 3.95. The van der Waals surface area contributed by atoms with Crippen LogP contribution in [0.5, 0.6) is 0 Å². The zero-order valence-electron chi connectivity index (χ0n) is 8.83. The molecule has 0 aliphatic heterocycles. The maximum Gasteiger partial charge on any atom is 0.244 e. The molecule has 0 saturated heterocycles. The van der Waals surface area contributed by atoms with Gasteiger partial charge < -0.3 is 5.32 Å². The Bertz CT molecular complexity index is 564. The second-order valence-electron chi connectivity index (χ2n) is 3.95. The van der Waals surface area contributed by atoms with E-state index in [0.717, 1.165) is 6.07 Å². The summed E-state index contributed by atoms with van der Waals surface area (Å²) in [7, 11) is 0. The number of nitriles is 2. The smallest absolute Gasteiger partial charge is 0.244 e. The van der Waals surface area contributed by atoms with Crippen LogP contribution >= 0.6 is 0 Å². The number of halogens is 1. The van der Waals surface area contributed by atoms with Gasteiger partial charge in [0.15, 0.2) is 0 Å². The number of nitrogens with one attached hydrogen (secondary N) is 1. The van der Waals surface area contributed by atoms with E-state index in [-0.39, 0.29) is 5.56 Å². The third kappa shape index (κ3) is 1.95. The molecule has 17 heavy (non-hydrogen) atoms. The first kappa shape index (κ1) is 11.1. The summed E-state index contributed by atoms with van der Waals surface area (Å²) in [6, 6.07) is 7.37. The molecule has 0 radical (unpaired) electrons. The van der Waals surface area contributed by atoms with Crippen molar-refractivity contribution in [1.82, 2.24) is 0 Å². The highest BCUT2D eigenvalue weighted by Gasteiger charge is 2.50. The molecule has 1 fully saturated rings.